The first-order valence-corrected chi connectivity index (χ1v) is 6.12. The largest absolute Gasteiger partial charge is 0.454 e. The van der Waals surface area contributed by atoms with E-state index in [4.69, 9.17) is 15.4 Å². The normalized spacial score (nSPS) is 10.7. The molecule has 3 rings (SSSR count). The highest BCUT2D eigenvalue weighted by Crippen LogP contribution is 2.22. The molecule has 19 heavy (non-hydrogen) atoms. The summed E-state index contributed by atoms with van der Waals surface area (Å²) in [6.45, 7) is 0. The second kappa shape index (κ2) is 4.07. The molecule has 0 spiro atoms. The fourth-order valence-electron chi connectivity index (χ4n) is 1.85. The zero-order chi connectivity index (χ0) is 13.6. The maximum absolute atomic E-state index is 12.3. The Balaban J connectivity index is 2.55. The number of hydrogen-bond donors (Lipinski definition) is 1. The minimum Gasteiger partial charge on any atom is -0.454 e. The van der Waals surface area contributed by atoms with Gasteiger partial charge in [0.05, 0.1) is 10.9 Å². The Labute approximate surface area is 115 Å². The number of halogens is 1. The molecule has 1 aromatic carbocycles. The van der Waals surface area contributed by atoms with Gasteiger partial charge in [-0.1, -0.05) is 15.9 Å². The van der Waals surface area contributed by atoms with Crippen molar-refractivity contribution in [3.63, 3.8) is 0 Å². The van der Waals surface area contributed by atoms with Gasteiger partial charge < -0.3 is 10.2 Å². The van der Waals surface area contributed by atoms with Gasteiger partial charge in [-0.25, -0.2) is 4.98 Å². The van der Waals surface area contributed by atoms with Crippen molar-refractivity contribution in [2.24, 2.45) is 0 Å². The molecule has 2 N–H and O–H groups in total. The third-order valence-corrected chi connectivity index (χ3v) is 3.25. The smallest absolute Gasteiger partial charge is 0.219 e. The van der Waals surface area contributed by atoms with Crippen LogP contribution in [-0.2, 0) is 0 Å². The number of benzene rings is 1. The predicted molar refractivity (Wildman–Crippen MR) is 74.6 cm³/mol. The average molecular weight is 316 g/mol. The highest BCUT2D eigenvalue weighted by molar-refractivity contribution is 9.10. The van der Waals surface area contributed by atoms with Crippen LogP contribution in [0.2, 0.25) is 0 Å². The fourth-order valence-corrected chi connectivity index (χ4v) is 2.21. The predicted octanol–water partition coefficient (Wildman–Crippen LogP) is 2.56. The maximum atomic E-state index is 12.3. The number of nitrogens with two attached hydrogens (primary N) is 1. The van der Waals surface area contributed by atoms with E-state index in [9.17, 15) is 4.79 Å². The van der Waals surface area contributed by atoms with E-state index in [2.05, 4.69) is 20.9 Å². The summed E-state index contributed by atoms with van der Waals surface area (Å²) in [6, 6.07) is 8.46. The summed E-state index contributed by atoms with van der Waals surface area (Å²) >= 11 is 3.30. The van der Waals surface area contributed by atoms with Crippen LogP contribution in [-0.4, -0.2) is 4.98 Å². The molecule has 0 unspecified atom stereocenters. The van der Waals surface area contributed by atoms with Gasteiger partial charge in [0.15, 0.2) is 11.1 Å². The van der Waals surface area contributed by atoms with Crippen molar-refractivity contribution in [3.8, 4) is 6.07 Å². The second-order valence-electron chi connectivity index (χ2n) is 3.95. The summed E-state index contributed by atoms with van der Waals surface area (Å²) in [5.41, 5.74) is 6.36. The number of anilines is 1. The number of nitriles is 1. The SMILES string of the molecule is N#Cc1cc2oc3ccc(Br)cc3c(=O)c2nc1N. The number of nitrogen functional groups attached to an aromatic ring is 1. The van der Waals surface area contributed by atoms with Crippen LogP contribution < -0.4 is 11.2 Å². The van der Waals surface area contributed by atoms with Crippen LogP contribution in [0.5, 0.6) is 0 Å². The molecule has 0 fully saturated rings. The van der Waals surface area contributed by atoms with Crippen LogP contribution >= 0.6 is 15.9 Å². The third kappa shape index (κ3) is 1.75. The molecule has 0 amide bonds. The summed E-state index contributed by atoms with van der Waals surface area (Å²) in [6.07, 6.45) is 0. The van der Waals surface area contributed by atoms with Crippen LogP contribution in [0.1, 0.15) is 5.56 Å². The van der Waals surface area contributed by atoms with Gasteiger partial charge in [-0.2, -0.15) is 5.26 Å². The lowest BCUT2D eigenvalue weighted by molar-refractivity contribution is 0.658. The van der Waals surface area contributed by atoms with E-state index in [-0.39, 0.29) is 27.9 Å². The molecule has 0 saturated carbocycles. The summed E-state index contributed by atoms with van der Waals surface area (Å²) in [7, 11) is 0. The highest BCUT2D eigenvalue weighted by atomic mass is 79.9. The molecule has 92 valence electrons. The minimum atomic E-state index is -0.270. The van der Waals surface area contributed by atoms with Crippen molar-refractivity contribution in [1.29, 1.82) is 5.26 Å². The van der Waals surface area contributed by atoms with Crippen LogP contribution in [0.4, 0.5) is 5.82 Å². The Bertz CT molecular complexity index is 925. The molecule has 0 bridgehead atoms. The number of rotatable bonds is 0. The van der Waals surface area contributed by atoms with Crippen LogP contribution in [0, 0.1) is 11.3 Å². The van der Waals surface area contributed by atoms with E-state index in [1.807, 2.05) is 6.07 Å². The van der Waals surface area contributed by atoms with Gasteiger partial charge in [0.1, 0.15) is 17.5 Å². The van der Waals surface area contributed by atoms with Gasteiger partial charge in [0, 0.05) is 10.5 Å². The van der Waals surface area contributed by atoms with Gasteiger partial charge in [0.2, 0.25) is 5.43 Å². The zero-order valence-corrected chi connectivity index (χ0v) is 11.1. The zero-order valence-electron chi connectivity index (χ0n) is 9.48. The Morgan fingerprint density at radius 1 is 1.32 bits per heavy atom. The Hall–Kier alpha value is -2.39. The maximum Gasteiger partial charge on any atom is 0.219 e. The molecule has 0 atom stereocenters. The monoisotopic (exact) mass is 315 g/mol. The number of fused-ring (bicyclic) bond motifs is 2. The van der Waals surface area contributed by atoms with Crippen molar-refractivity contribution < 1.29 is 4.42 Å². The molecule has 0 aliphatic carbocycles. The molecule has 0 aliphatic rings. The standard InChI is InChI=1S/C13H6BrN3O2/c14-7-1-2-9-8(4-7)12(18)11-10(19-9)3-6(5-15)13(16)17-11/h1-4H,(H2,16,17). The fraction of sp³-hybridized carbons (Fsp3) is 0. The number of pyridine rings is 1. The van der Waals surface area contributed by atoms with E-state index in [0.29, 0.717) is 11.0 Å². The molecular formula is C13H6BrN3O2. The Morgan fingerprint density at radius 2 is 2.11 bits per heavy atom. The quantitative estimate of drug-likeness (QED) is 0.643. The Kier molecular flexibility index (Phi) is 2.50. The van der Waals surface area contributed by atoms with Gasteiger partial charge in [-0.05, 0) is 18.2 Å². The van der Waals surface area contributed by atoms with Gasteiger partial charge >= 0.3 is 0 Å². The van der Waals surface area contributed by atoms with Crippen LogP contribution in [0.25, 0.3) is 22.1 Å². The number of hydrogen-bond acceptors (Lipinski definition) is 5. The van der Waals surface area contributed by atoms with E-state index in [1.165, 1.54) is 6.07 Å². The lowest BCUT2D eigenvalue weighted by Crippen LogP contribution is -2.06. The van der Waals surface area contributed by atoms with Crippen molar-refractivity contribution in [2.75, 3.05) is 5.73 Å². The highest BCUT2D eigenvalue weighted by Gasteiger charge is 2.12. The summed E-state index contributed by atoms with van der Waals surface area (Å²) in [4.78, 5) is 16.3. The molecule has 2 aromatic heterocycles. The number of nitrogens with zero attached hydrogens (tertiary/aromatic N) is 2. The summed E-state index contributed by atoms with van der Waals surface area (Å²) in [5.74, 6) is 0.0247. The lowest BCUT2D eigenvalue weighted by atomic mass is 10.2. The van der Waals surface area contributed by atoms with Gasteiger partial charge in [0.25, 0.3) is 0 Å². The average Bonchev–Trinajstić information content (AvgIpc) is 2.40. The molecule has 0 saturated heterocycles. The first-order chi connectivity index (χ1) is 9.10. The van der Waals surface area contributed by atoms with E-state index in [0.717, 1.165) is 4.47 Å². The second-order valence-corrected chi connectivity index (χ2v) is 4.87. The first-order valence-electron chi connectivity index (χ1n) is 5.33. The third-order valence-electron chi connectivity index (χ3n) is 2.76. The summed E-state index contributed by atoms with van der Waals surface area (Å²) < 4.78 is 6.36. The number of aromatic nitrogens is 1. The molecule has 5 nitrogen and oxygen atoms in total. The van der Waals surface area contributed by atoms with Crippen molar-refractivity contribution in [2.45, 2.75) is 0 Å². The van der Waals surface area contributed by atoms with Crippen molar-refractivity contribution >= 4 is 43.8 Å². The molecular weight excluding hydrogens is 310 g/mol. The van der Waals surface area contributed by atoms with Gasteiger partial charge in [-0.15, -0.1) is 0 Å². The molecule has 0 radical (unpaired) electrons. The first kappa shape index (κ1) is 11.7. The lowest BCUT2D eigenvalue weighted by Gasteiger charge is -2.03. The van der Waals surface area contributed by atoms with E-state index < -0.39 is 0 Å². The van der Waals surface area contributed by atoms with Gasteiger partial charge in [-0.3, -0.25) is 4.79 Å². The Morgan fingerprint density at radius 3 is 2.84 bits per heavy atom. The summed E-state index contributed by atoms with van der Waals surface area (Å²) in [5, 5.41) is 9.32. The van der Waals surface area contributed by atoms with E-state index in [1.54, 1.807) is 18.2 Å². The molecule has 6 heteroatoms. The molecule has 3 aromatic rings. The van der Waals surface area contributed by atoms with Crippen molar-refractivity contribution in [1.82, 2.24) is 4.98 Å². The molecule has 2 heterocycles. The molecule has 0 aliphatic heterocycles. The van der Waals surface area contributed by atoms with Crippen molar-refractivity contribution in [3.05, 3.63) is 44.5 Å². The van der Waals surface area contributed by atoms with Crippen LogP contribution in [0.3, 0.4) is 0 Å². The topological polar surface area (TPSA) is 92.9 Å². The minimum absolute atomic E-state index is 0.0247. The van der Waals surface area contributed by atoms with Crippen LogP contribution in [0.15, 0.2) is 37.9 Å². The van der Waals surface area contributed by atoms with E-state index >= 15 is 0 Å².